The minimum atomic E-state index is -0.606. The van der Waals surface area contributed by atoms with Gasteiger partial charge in [-0.15, -0.1) is 0 Å². The molecule has 2 aromatic rings. The molecule has 24 heavy (non-hydrogen) atoms. The Bertz CT molecular complexity index is 757. The number of carbonyl (C=O) groups is 2. The Labute approximate surface area is 138 Å². The quantitative estimate of drug-likeness (QED) is 0.868. The van der Waals surface area contributed by atoms with Crippen molar-refractivity contribution in [2.45, 2.75) is 12.5 Å². The van der Waals surface area contributed by atoms with Crippen molar-refractivity contribution in [1.29, 1.82) is 0 Å². The molecule has 3 rings (SSSR count). The Morgan fingerprint density at radius 1 is 1.29 bits per heavy atom. The minimum absolute atomic E-state index is 0.0496. The van der Waals surface area contributed by atoms with Gasteiger partial charge in [0.05, 0.1) is 24.5 Å². The van der Waals surface area contributed by atoms with Crippen molar-refractivity contribution in [3.8, 4) is 5.88 Å². The lowest BCUT2D eigenvalue weighted by Gasteiger charge is -2.12. The topological polar surface area (TPSA) is 104 Å². The summed E-state index contributed by atoms with van der Waals surface area (Å²) in [5.41, 5.74) is 6.29. The minimum Gasteiger partial charge on any atom is -0.472 e. The predicted molar refractivity (Wildman–Crippen MR) is 87.0 cm³/mol. The highest BCUT2D eigenvalue weighted by atomic mass is 16.5. The molecule has 1 aromatic carbocycles. The second kappa shape index (κ2) is 7.10. The molecule has 0 aliphatic carbocycles. The number of ether oxygens (including phenoxy) is 2. The molecular weight excluding hydrogens is 310 g/mol. The van der Waals surface area contributed by atoms with E-state index in [0.717, 1.165) is 6.42 Å². The molecular formula is C17H17N3O4. The molecule has 1 unspecified atom stereocenters. The van der Waals surface area contributed by atoms with Gasteiger partial charge in [0, 0.05) is 24.2 Å². The first-order valence-corrected chi connectivity index (χ1v) is 7.54. The summed E-state index contributed by atoms with van der Waals surface area (Å²) in [5.74, 6) is -0.620. The van der Waals surface area contributed by atoms with Crippen LogP contribution in [0.3, 0.4) is 0 Å². The van der Waals surface area contributed by atoms with Crippen LogP contribution in [0, 0.1) is 0 Å². The highest BCUT2D eigenvalue weighted by molar-refractivity contribution is 6.08. The number of nitrogens with one attached hydrogen (secondary N) is 1. The molecule has 2 amide bonds. The number of pyridine rings is 1. The molecule has 1 saturated heterocycles. The van der Waals surface area contributed by atoms with Gasteiger partial charge < -0.3 is 20.5 Å². The van der Waals surface area contributed by atoms with Gasteiger partial charge in [-0.05, 0) is 18.2 Å². The van der Waals surface area contributed by atoms with Crippen LogP contribution >= 0.6 is 0 Å². The molecule has 124 valence electrons. The monoisotopic (exact) mass is 327 g/mol. The number of benzene rings is 1. The molecule has 3 N–H and O–H groups in total. The summed E-state index contributed by atoms with van der Waals surface area (Å²) in [5, 5.41) is 2.68. The van der Waals surface area contributed by atoms with Crippen LogP contribution in [0.1, 0.15) is 27.1 Å². The van der Waals surface area contributed by atoms with Gasteiger partial charge in [0.15, 0.2) is 0 Å². The summed E-state index contributed by atoms with van der Waals surface area (Å²) in [6.45, 7) is 1.18. The summed E-state index contributed by atoms with van der Waals surface area (Å²) in [4.78, 5) is 27.9. The summed E-state index contributed by atoms with van der Waals surface area (Å²) in [7, 11) is 0. The Hall–Kier alpha value is -2.93. The SMILES string of the molecule is NC(=O)c1ccccc1NC(=O)c1ccnc(OC2CCOC2)c1. The molecule has 0 saturated carbocycles. The molecule has 1 atom stereocenters. The van der Waals surface area contributed by atoms with E-state index in [1.165, 1.54) is 6.20 Å². The van der Waals surface area contributed by atoms with Crippen LogP contribution in [-0.4, -0.2) is 36.1 Å². The second-order valence-corrected chi connectivity index (χ2v) is 5.35. The molecule has 1 fully saturated rings. The van der Waals surface area contributed by atoms with Crippen LogP contribution in [0.2, 0.25) is 0 Å². The third-order valence-electron chi connectivity index (χ3n) is 3.61. The van der Waals surface area contributed by atoms with Gasteiger partial charge in [0.25, 0.3) is 11.8 Å². The maximum absolute atomic E-state index is 12.4. The largest absolute Gasteiger partial charge is 0.472 e. The summed E-state index contributed by atoms with van der Waals surface area (Å²) in [6.07, 6.45) is 2.25. The number of para-hydroxylation sites is 1. The number of rotatable bonds is 5. The first-order valence-electron chi connectivity index (χ1n) is 7.54. The van der Waals surface area contributed by atoms with E-state index in [-0.39, 0.29) is 17.6 Å². The number of primary amides is 1. The van der Waals surface area contributed by atoms with E-state index in [0.29, 0.717) is 30.3 Å². The van der Waals surface area contributed by atoms with Crippen LogP contribution in [0.25, 0.3) is 0 Å². The van der Waals surface area contributed by atoms with Gasteiger partial charge in [0.2, 0.25) is 5.88 Å². The van der Waals surface area contributed by atoms with Crippen LogP contribution in [-0.2, 0) is 4.74 Å². The van der Waals surface area contributed by atoms with Crippen LogP contribution in [0.5, 0.6) is 5.88 Å². The lowest BCUT2D eigenvalue weighted by molar-refractivity contribution is 0.100. The van der Waals surface area contributed by atoms with Gasteiger partial charge in [-0.25, -0.2) is 4.98 Å². The standard InChI is InChI=1S/C17H17N3O4/c18-16(21)13-3-1-2-4-14(13)20-17(22)11-5-7-19-15(9-11)24-12-6-8-23-10-12/h1-5,7,9,12H,6,8,10H2,(H2,18,21)(H,20,22). The first-order chi connectivity index (χ1) is 11.6. The molecule has 0 bridgehead atoms. The number of nitrogens with two attached hydrogens (primary N) is 1. The number of amides is 2. The zero-order valence-electron chi connectivity index (χ0n) is 12.9. The Balaban J connectivity index is 1.74. The zero-order chi connectivity index (χ0) is 16.9. The average Bonchev–Trinajstić information content (AvgIpc) is 3.08. The van der Waals surface area contributed by atoms with Crippen molar-refractivity contribution in [2.24, 2.45) is 5.73 Å². The van der Waals surface area contributed by atoms with E-state index in [1.54, 1.807) is 36.4 Å². The Morgan fingerprint density at radius 2 is 2.12 bits per heavy atom. The highest BCUT2D eigenvalue weighted by Crippen LogP contribution is 2.18. The third kappa shape index (κ3) is 3.69. The molecule has 7 heteroatoms. The highest BCUT2D eigenvalue weighted by Gasteiger charge is 2.18. The molecule has 0 spiro atoms. The number of nitrogens with zero attached hydrogens (tertiary/aromatic N) is 1. The normalized spacial score (nSPS) is 16.6. The van der Waals surface area contributed by atoms with E-state index in [2.05, 4.69) is 10.3 Å². The third-order valence-corrected chi connectivity index (χ3v) is 3.61. The zero-order valence-corrected chi connectivity index (χ0v) is 12.9. The predicted octanol–water partition coefficient (Wildman–Crippen LogP) is 1.60. The fourth-order valence-electron chi connectivity index (χ4n) is 2.39. The molecule has 7 nitrogen and oxygen atoms in total. The molecule has 1 aromatic heterocycles. The van der Waals surface area contributed by atoms with Crippen LogP contribution < -0.4 is 15.8 Å². The van der Waals surface area contributed by atoms with Gasteiger partial charge >= 0.3 is 0 Å². The average molecular weight is 327 g/mol. The first kappa shape index (κ1) is 15.9. The lowest BCUT2D eigenvalue weighted by atomic mass is 10.1. The summed E-state index contributed by atoms with van der Waals surface area (Å²) in [6, 6.07) is 9.69. The van der Waals surface area contributed by atoms with Crippen molar-refractivity contribution in [1.82, 2.24) is 4.98 Å². The van der Waals surface area contributed by atoms with Crippen LogP contribution in [0.15, 0.2) is 42.6 Å². The fourth-order valence-corrected chi connectivity index (χ4v) is 2.39. The van der Waals surface area contributed by atoms with E-state index < -0.39 is 5.91 Å². The fraction of sp³-hybridized carbons (Fsp3) is 0.235. The number of anilines is 1. The van der Waals surface area contributed by atoms with Gasteiger partial charge in [-0.3, -0.25) is 9.59 Å². The van der Waals surface area contributed by atoms with Gasteiger partial charge in [-0.2, -0.15) is 0 Å². The van der Waals surface area contributed by atoms with Crippen molar-refractivity contribution in [2.75, 3.05) is 18.5 Å². The molecule has 0 radical (unpaired) electrons. The maximum Gasteiger partial charge on any atom is 0.255 e. The lowest BCUT2D eigenvalue weighted by Crippen LogP contribution is -2.19. The number of hydrogen-bond acceptors (Lipinski definition) is 5. The smallest absolute Gasteiger partial charge is 0.255 e. The number of hydrogen-bond donors (Lipinski definition) is 2. The molecule has 1 aliphatic heterocycles. The Kier molecular flexibility index (Phi) is 4.72. The molecule has 1 aliphatic rings. The summed E-state index contributed by atoms with van der Waals surface area (Å²) < 4.78 is 10.9. The van der Waals surface area contributed by atoms with E-state index in [4.69, 9.17) is 15.2 Å². The van der Waals surface area contributed by atoms with Crippen molar-refractivity contribution < 1.29 is 19.1 Å². The van der Waals surface area contributed by atoms with Crippen LogP contribution in [0.4, 0.5) is 5.69 Å². The number of carbonyl (C=O) groups excluding carboxylic acids is 2. The van der Waals surface area contributed by atoms with Gasteiger partial charge in [-0.1, -0.05) is 12.1 Å². The summed E-state index contributed by atoms with van der Waals surface area (Å²) >= 11 is 0. The van der Waals surface area contributed by atoms with Crippen molar-refractivity contribution in [3.63, 3.8) is 0 Å². The Morgan fingerprint density at radius 3 is 2.88 bits per heavy atom. The van der Waals surface area contributed by atoms with E-state index in [9.17, 15) is 9.59 Å². The second-order valence-electron chi connectivity index (χ2n) is 5.35. The van der Waals surface area contributed by atoms with E-state index >= 15 is 0 Å². The maximum atomic E-state index is 12.4. The van der Waals surface area contributed by atoms with Gasteiger partial charge in [0.1, 0.15) is 6.10 Å². The van der Waals surface area contributed by atoms with Crippen molar-refractivity contribution >= 4 is 17.5 Å². The van der Waals surface area contributed by atoms with E-state index in [1.807, 2.05) is 0 Å². The molecule has 2 heterocycles. The number of aromatic nitrogens is 1. The van der Waals surface area contributed by atoms with Crippen molar-refractivity contribution in [3.05, 3.63) is 53.7 Å².